The minimum Gasteiger partial charge on any atom is -0.494 e. The van der Waals surface area contributed by atoms with E-state index in [1.165, 1.54) is 0 Å². The van der Waals surface area contributed by atoms with Gasteiger partial charge in [0.1, 0.15) is 18.0 Å². The van der Waals surface area contributed by atoms with Crippen molar-refractivity contribution >= 4 is 17.9 Å². The van der Waals surface area contributed by atoms with Gasteiger partial charge in [-0.25, -0.2) is 4.79 Å². The molecule has 0 aromatic carbocycles. The molecule has 42 heavy (non-hydrogen) atoms. The van der Waals surface area contributed by atoms with Gasteiger partial charge in [-0.05, 0) is 83.1 Å². The Kier molecular flexibility index (Phi) is 15.1. The Hall–Kier alpha value is -2.65. The van der Waals surface area contributed by atoms with Crippen LogP contribution in [0.25, 0.3) is 0 Å². The van der Waals surface area contributed by atoms with E-state index in [1.807, 2.05) is 0 Å². The minimum atomic E-state index is -0.422. The largest absolute Gasteiger partial charge is 0.494 e. The summed E-state index contributed by atoms with van der Waals surface area (Å²) in [5.74, 6) is -0.203. The average molecular weight is 591 g/mol. The van der Waals surface area contributed by atoms with Crippen LogP contribution in [0.15, 0.2) is 37.6 Å². The standard InChI is InChI=1S/C33H50O9/c1-4-24(3)37-20-6-21-38-27-12-8-25(9-13-27)32(35)41-29-16-18-30(19-17-29)42-33(36)26-10-14-28(15-11-26)39-22-7-23-40-31(34)5-2/h4-5,25-30H,1-3,6-23H2. The lowest BCUT2D eigenvalue weighted by Gasteiger charge is -2.32. The molecule has 9 heteroatoms. The van der Waals surface area contributed by atoms with Crippen LogP contribution in [-0.2, 0) is 42.8 Å². The van der Waals surface area contributed by atoms with E-state index in [4.69, 9.17) is 28.4 Å². The maximum absolute atomic E-state index is 12.8. The third-order valence-corrected chi connectivity index (χ3v) is 8.41. The number of carbonyl (C=O) groups excluding carboxylic acids is 3. The smallest absolute Gasteiger partial charge is 0.330 e. The van der Waals surface area contributed by atoms with Gasteiger partial charge in [0, 0.05) is 18.9 Å². The Balaban J connectivity index is 1.21. The molecule has 3 aliphatic carbocycles. The summed E-state index contributed by atoms with van der Waals surface area (Å²) in [6.07, 6.45) is 13.7. The van der Waals surface area contributed by atoms with E-state index in [0.29, 0.717) is 38.6 Å². The lowest BCUT2D eigenvalue weighted by molar-refractivity contribution is -0.165. The quantitative estimate of drug-likeness (QED) is 0.0522. The van der Waals surface area contributed by atoms with Gasteiger partial charge < -0.3 is 28.4 Å². The van der Waals surface area contributed by atoms with Crippen LogP contribution in [0.5, 0.6) is 0 Å². The van der Waals surface area contributed by atoms with Crippen molar-refractivity contribution in [1.82, 2.24) is 0 Å². The van der Waals surface area contributed by atoms with E-state index in [-0.39, 0.29) is 48.2 Å². The highest BCUT2D eigenvalue weighted by Gasteiger charge is 2.33. The van der Waals surface area contributed by atoms with Crippen molar-refractivity contribution < 1.29 is 42.8 Å². The molecule has 0 unspecified atom stereocenters. The Labute approximate surface area is 250 Å². The zero-order chi connectivity index (χ0) is 30.2. The molecule has 9 nitrogen and oxygen atoms in total. The molecular weight excluding hydrogens is 540 g/mol. The maximum atomic E-state index is 12.8. The number of ether oxygens (including phenoxy) is 6. The first-order valence-corrected chi connectivity index (χ1v) is 15.8. The molecule has 3 rings (SSSR count). The topological polar surface area (TPSA) is 107 Å². The number of hydrogen-bond acceptors (Lipinski definition) is 9. The van der Waals surface area contributed by atoms with Gasteiger partial charge in [0.15, 0.2) is 0 Å². The van der Waals surface area contributed by atoms with Crippen LogP contribution in [0.4, 0.5) is 0 Å². The summed E-state index contributed by atoms with van der Waals surface area (Å²) in [7, 11) is 0. The first kappa shape index (κ1) is 33.8. The average Bonchev–Trinajstić information content (AvgIpc) is 3.01. The molecule has 0 spiro atoms. The van der Waals surface area contributed by atoms with Gasteiger partial charge in [-0.15, -0.1) is 0 Å². The number of hydrogen-bond donors (Lipinski definition) is 0. The highest BCUT2D eigenvalue weighted by molar-refractivity contribution is 5.81. The van der Waals surface area contributed by atoms with E-state index >= 15 is 0 Å². The predicted octanol–water partition coefficient (Wildman–Crippen LogP) is 5.76. The summed E-state index contributed by atoms with van der Waals surface area (Å²) in [5.41, 5.74) is 0. The first-order valence-electron chi connectivity index (χ1n) is 15.8. The van der Waals surface area contributed by atoms with E-state index < -0.39 is 5.97 Å². The van der Waals surface area contributed by atoms with Gasteiger partial charge in [-0.3, -0.25) is 9.59 Å². The second-order valence-corrected chi connectivity index (χ2v) is 11.6. The van der Waals surface area contributed by atoms with Crippen LogP contribution < -0.4 is 0 Å². The third kappa shape index (κ3) is 12.3. The monoisotopic (exact) mass is 590 g/mol. The molecule has 0 aromatic rings. The van der Waals surface area contributed by atoms with E-state index in [9.17, 15) is 14.4 Å². The molecule has 0 saturated heterocycles. The summed E-state index contributed by atoms with van der Waals surface area (Å²) < 4.78 is 33.9. The molecule has 0 N–H and O–H groups in total. The summed E-state index contributed by atoms with van der Waals surface area (Å²) in [6.45, 7) is 12.7. The zero-order valence-electron chi connectivity index (χ0n) is 25.1. The Morgan fingerprint density at radius 1 is 0.548 bits per heavy atom. The van der Waals surface area contributed by atoms with Crippen molar-refractivity contribution in [2.45, 2.75) is 114 Å². The molecular formula is C33H50O9. The number of esters is 3. The first-order chi connectivity index (χ1) is 20.4. The van der Waals surface area contributed by atoms with Crippen LogP contribution in [0.1, 0.15) is 89.9 Å². The summed E-state index contributed by atoms with van der Waals surface area (Å²) in [4.78, 5) is 36.6. The van der Waals surface area contributed by atoms with Crippen molar-refractivity contribution in [2.24, 2.45) is 11.8 Å². The fraction of sp³-hybridized carbons (Fsp3) is 0.727. The zero-order valence-corrected chi connectivity index (χ0v) is 25.1. The number of carbonyl (C=O) groups is 3. The SMILES string of the molecule is C=CC(=C)OCCCOC1CCC(C(=O)OC2CCC(OC(=O)C3CCC(OCCCOC(=O)C=C)CC3)CC2)CC1. The molecule has 3 aliphatic rings. The van der Waals surface area contributed by atoms with Gasteiger partial charge in [0.05, 0.1) is 50.5 Å². The molecule has 0 bridgehead atoms. The maximum Gasteiger partial charge on any atom is 0.330 e. The van der Waals surface area contributed by atoms with E-state index in [0.717, 1.165) is 89.5 Å². The van der Waals surface area contributed by atoms with Crippen molar-refractivity contribution in [2.75, 3.05) is 26.4 Å². The normalized spacial score (nSPS) is 27.7. The van der Waals surface area contributed by atoms with Crippen molar-refractivity contribution in [3.63, 3.8) is 0 Å². The molecule has 236 valence electrons. The molecule has 0 aromatic heterocycles. The highest BCUT2D eigenvalue weighted by Crippen LogP contribution is 2.32. The lowest BCUT2D eigenvalue weighted by Crippen LogP contribution is -2.35. The summed E-state index contributed by atoms with van der Waals surface area (Å²) in [5, 5.41) is 0. The van der Waals surface area contributed by atoms with Gasteiger partial charge in [-0.1, -0.05) is 19.7 Å². The number of rotatable bonds is 17. The Bertz CT molecular complexity index is 804. The van der Waals surface area contributed by atoms with E-state index in [2.05, 4.69) is 19.7 Å². The Morgan fingerprint density at radius 3 is 1.36 bits per heavy atom. The van der Waals surface area contributed by atoms with Gasteiger partial charge in [-0.2, -0.15) is 0 Å². The number of allylic oxidation sites excluding steroid dienone is 1. The van der Waals surface area contributed by atoms with Crippen LogP contribution in [0, 0.1) is 11.8 Å². The third-order valence-electron chi connectivity index (χ3n) is 8.41. The van der Waals surface area contributed by atoms with Crippen LogP contribution >= 0.6 is 0 Å². The Morgan fingerprint density at radius 2 is 0.952 bits per heavy atom. The van der Waals surface area contributed by atoms with Gasteiger partial charge >= 0.3 is 17.9 Å². The molecule has 0 atom stereocenters. The highest BCUT2D eigenvalue weighted by atomic mass is 16.6. The molecule has 0 heterocycles. The van der Waals surface area contributed by atoms with Gasteiger partial charge in [0.2, 0.25) is 0 Å². The van der Waals surface area contributed by atoms with Crippen molar-refractivity contribution in [3.8, 4) is 0 Å². The lowest BCUT2D eigenvalue weighted by atomic mass is 9.87. The predicted molar refractivity (Wildman–Crippen MR) is 157 cm³/mol. The molecule has 0 aliphatic heterocycles. The molecule has 0 radical (unpaired) electrons. The van der Waals surface area contributed by atoms with Gasteiger partial charge in [0.25, 0.3) is 0 Å². The molecule has 3 saturated carbocycles. The van der Waals surface area contributed by atoms with Crippen molar-refractivity contribution in [3.05, 3.63) is 37.6 Å². The second kappa shape index (κ2) is 18.8. The molecule has 3 fully saturated rings. The summed E-state index contributed by atoms with van der Waals surface area (Å²) in [6, 6.07) is 0. The fourth-order valence-corrected chi connectivity index (χ4v) is 5.83. The fourth-order valence-electron chi connectivity index (χ4n) is 5.83. The van der Waals surface area contributed by atoms with Crippen LogP contribution in [0.3, 0.4) is 0 Å². The van der Waals surface area contributed by atoms with Crippen molar-refractivity contribution in [1.29, 1.82) is 0 Å². The van der Waals surface area contributed by atoms with Crippen LogP contribution in [-0.4, -0.2) is 68.8 Å². The van der Waals surface area contributed by atoms with Crippen LogP contribution in [0.2, 0.25) is 0 Å². The second-order valence-electron chi connectivity index (χ2n) is 11.6. The minimum absolute atomic E-state index is 0.0615. The summed E-state index contributed by atoms with van der Waals surface area (Å²) >= 11 is 0. The molecule has 0 amide bonds. The van der Waals surface area contributed by atoms with E-state index in [1.54, 1.807) is 6.08 Å².